The van der Waals surface area contributed by atoms with Gasteiger partial charge in [0.05, 0.1) is 13.2 Å². The van der Waals surface area contributed by atoms with Gasteiger partial charge in [0.2, 0.25) is 0 Å². The maximum absolute atomic E-state index is 12.8. The minimum atomic E-state index is 0.0564. The molecule has 1 aromatic rings. The fraction of sp³-hybridized carbons (Fsp3) is 0.733. The standard InChI is InChI=1S/C15H22N4O2/c1-10-8-18(11-2-3-11)5-6-19(10)15(20)14-12-9-21-7-4-13(12)16-17-14/h10-11H,2-9H2,1H3,(H,16,17). The van der Waals surface area contributed by atoms with E-state index in [1.54, 1.807) is 0 Å². The third-order valence-corrected chi connectivity index (χ3v) is 4.88. The molecule has 0 bridgehead atoms. The molecule has 1 atom stereocenters. The topological polar surface area (TPSA) is 61.5 Å². The van der Waals surface area contributed by atoms with Crippen molar-refractivity contribution in [2.45, 2.75) is 44.9 Å². The van der Waals surface area contributed by atoms with Gasteiger partial charge in [-0.15, -0.1) is 0 Å². The second-order valence-electron chi connectivity index (χ2n) is 6.41. The number of carbonyl (C=O) groups excluding carboxylic acids is 1. The number of fused-ring (bicyclic) bond motifs is 1. The molecule has 3 heterocycles. The highest BCUT2D eigenvalue weighted by Gasteiger charge is 2.37. The first kappa shape index (κ1) is 13.3. The van der Waals surface area contributed by atoms with E-state index in [1.165, 1.54) is 12.8 Å². The van der Waals surface area contributed by atoms with Crippen molar-refractivity contribution in [2.24, 2.45) is 0 Å². The maximum Gasteiger partial charge on any atom is 0.275 e. The Labute approximate surface area is 124 Å². The van der Waals surface area contributed by atoms with E-state index in [0.717, 1.165) is 43.4 Å². The average Bonchev–Trinajstić information content (AvgIpc) is 3.26. The van der Waals surface area contributed by atoms with Crippen LogP contribution in [0.2, 0.25) is 0 Å². The molecule has 1 aromatic heterocycles. The second kappa shape index (κ2) is 5.10. The number of hydrogen-bond donors (Lipinski definition) is 1. The Morgan fingerprint density at radius 3 is 3.00 bits per heavy atom. The number of aromatic nitrogens is 2. The molecule has 0 spiro atoms. The number of aromatic amines is 1. The van der Waals surface area contributed by atoms with Crippen LogP contribution >= 0.6 is 0 Å². The lowest BCUT2D eigenvalue weighted by Crippen LogP contribution is -2.54. The van der Waals surface area contributed by atoms with E-state index in [9.17, 15) is 4.79 Å². The summed E-state index contributed by atoms with van der Waals surface area (Å²) < 4.78 is 5.48. The Bertz CT molecular complexity index is 552. The van der Waals surface area contributed by atoms with Crippen molar-refractivity contribution in [1.82, 2.24) is 20.0 Å². The highest BCUT2D eigenvalue weighted by atomic mass is 16.5. The molecule has 1 N–H and O–H groups in total. The van der Waals surface area contributed by atoms with Crippen molar-refractivity contribution >= 4 is 5.91 Å². The lowest BCUT2D eigenvalue weighted by molar-refractivity contribution is 0.0461. The Kier molecular flexibility index (Phi) is 3.23. The number of ether oxygens (including phenoxy) is 1. The summed E-state index contributed by atoms with van der Waals surface area (Å²) in [6, 6.07) is 1.03. The fourth-order valence-electron chi connectivity index (χ4n) is 3.48. The zero-order valence-corrected chi connectivity index (χ0v) is 12.5. The van der Waals surface area contributed by atoms with Crippen LogP contribution in [0.5, 0.6) is 0 Å². The first-order chi connectivity index (χ1) is 10.2. The van der Waals surface area contributed by atoms with Crippen LogP contribution in [0.4, 0.5) is 0 Å². The predicted molar refractivity (Wildman–Crippen MR) is 77.0 cm³/mol. The fourth-order valence-corrected chi connectivity index (χ4v) is 3.48. The van der Waals surface area contributed by atoms with Gasteiger partial charge in [-0.25, -0.2) is 0 Å². The van der Waals surface area contributed by atoms with E-state index < -0.39 is 0 Å². The summed E-state index contributed by atoms with van der Waals surface area (Å²) in [4.78, 5) is 17.3. The molecule has 0 radical (unpaired) electrons. The highest BCUT2D eigenvalue weighted by molar-refractivity contribution is 5.94. The molecule has 1 aliphatic carbocycles. The van der Waals surface area contributed by atoms with Gasteiger partial charge in [-0.1, -0.05) is 0 Å². The van der Waals surface area contributed by atoms with Gasteiger partial charge in [-0.2, -0.15) is 5.10 Å². The van der Waals surface area contributed by atoms with E-state index in [0.29, 0.717) is 18.9 Å². The van der Waals surface area contributed by atoms with E-state index in [4.69, 9.17) is 4.74 Å². The van der Waals surface area contributed by atoms with Crippen LogP contribution in [-0.2, 0) is 17.8 Å². The average molecular weight is 290 g/mol. The van der Waals surface area contributed by atoms with Gasteiger partial charge in [-0.3, -0.25) is 14.8 Å². The van der Waals surface area contributed by atoms with E-state index in [2.05, 4.69) is 22.0 Å². The van der Waals surface area contributed by atoms with Gasteiger partial charge in [0.15, 0.2) is 5.69 Å². The van der Waals surface area contributed by atoms with Crippen LogP contribution in [0, 0.1) is 0 Å². The molecule has 1 amide bonds. The lowest BCUT2D eigenvalue weighted by atomic mass is 10.1. The van der Waals surface area contributed by atoms with Gasteiger partial charge in [0.1, 0.15) is 0 Å². The largest absolute Gasteiger partial charge is 0.376 e. The predicted octanol–water partition coefficient (Wildman–Crippen LogP) is 0.791. The summed E-state index contributed by atoms with van der Waals surface area (Å²) in [5.41, 5.74) is 2.59. The highest BCUT2D eigenvalue weighted by Crippen LogP contribution is 2.29. The minimum Gasteiger partial charge on any atom is -0.376 e. The molecule has 1 saturated heterocycles. The SMILES string of the molecule is CC1CN(C2CC2)CCN1C(=O)c1n[nH]c2c1COCC2. The molecule has 4 rings (SSSR count). The van der Waals surface area contributed by atoms with E-state index >= 15 is 0 Å². The molecular formula is C15H22N4O2. The molecule has 3 aliphatic rings. The summed E-state index contributed by atoms with van der Waals surface area (Å²) >= 11 is 0. The van der Waals surface area contributed by atoms with E-state index in [-0.39, 0.29) is 11.9 Å². The van der Waals surface area contributed by atoms with Crippen molar-refractivity contribution in [2.75, 3.05) is 26.2 Å². The maximum atomic E-state index is 12.8. The minimum absolute atomic E-state index is 0.0564. The Hall–Kier alpha value is -1.40. The van der Waals surface area contributed by atoms with Crippen molar-refractivity contribution in [1.29, 1.82) is 0 Å². The van der Waals surface area contributed by atoms with Crippen LogP contribution < -0.4 is 0 Å². The number of H-pyrrole nitrogens is 1. The van der Waals surface area contributed by atoms with E-state index in [1.807, 2.05) is 4.90 Å². The number of nitrogens with zero attached hydrogens (tertiary/aromatic N) is 3. The van der Waals surface area contributed by atoms with Crippen molar-refractivity contribution < 1.29 is 9.53 Å². The molecule has 6 nitrogen and oxygen atoms in total. The Balaban J connectivity index is 1.50. The Morgan fingerprint density at radius 2 is 2.24 bits per heavy atom. The van der Waals surface area contributed by atoms with Gasteiger partial charge >= 0.3 is 0 Å². The molecule has 0 aromatic carbocycles. The Morgan fingerprint density at radius 1 is 1.38 bits per heavy atom. The smallest absolute Gasteiger partial charge is 0.275 e. The van der Waals surface area contributed by atoms with Crippen LogP contribution in [0.15, 0.2) is 0 Å². The second-order valence-corrected chi connectivity index (χ2v) is 6.41. The van der Waals surface area contributed by atoms with Crippen LogP contribution in [0.1, 0.15) is 41.5 Å². The van der Waals surface area contributed by atoms with Crippen LogP contribution in [0.3, 0.4) is 0 Å². The molecular weight excluding hydrogens is 268 g/mol. The number of nitrogens with one attached hydrogen (secondary N) is 1. The number of amides is 1. The quantitative estimate of drug-likeness (QED) is 0.875. The van der Waals surface area contributed by atoms with Crippen LogP contribution in [-0.4, -0.2) is 64.2 Å². The summed E-state index contributed by atoms with van der Waals surface area (Å²) in [6.45, 7) is 6.13. The normalized spacial score (nSPS) is 26.7. The summed E-state index contributed by atoms with van der Waals surface area (Å²) in [7, 11) is 0. The summed E-state index contributed by atoms with van der Waals surface area (Å²) in [5, 5.41) is 7.27. The third-order valence-electron chi connectivity index (χ3n) is 4.88. The zero-order valence-electron chi connectivity index (χ0n) is 12.5. The number of carbonyl (C=O) groups is 1. The van der Waals surface area contributed by atoms with Gasteiger partial charge in [0.25, 0.3) is 5.91 Å². The van der Waals surface area contributed by atoms with Gasteiger partial charge in [-0.05, 0) is 19.8 Å². The van der Waals surface area contributed by atoms with Crippen molar-refractivity contribution in [3.8, 4) is 0 Å². The van der Waals surface area contributed by atoms with Crippen LogP contribution in [0.25, 0.3) is 0 Å². The van der Waals surface area contributed by atoms with Crippen molar-refractivity contribution in [3.63, 3.8) is 0 Å². The lowest BCUT2D eigenvalue weighted by Gasteiger charge is -2.39. The molecule has 1 unspecified atom stereocenters. The van der Waals surface area contributed by atoms with Gasteiger partial charge in [0, 0.05) is 49.4 Å². The third kappa shape index (κ3) is 2.36. The van der Waals surface area contributed by atoms with Gasteiger partial charge < -0.3 is 9.64 Å². The first-order valence-electron chi connectivity index (χ1n) is 7.93. The number of rotatable bonds is 2. The summed E-state index contributed by atoms with van der Waals surface area (Å²) in [5.74, 6) is 0.0564. The molecule has 2 fully saturated rings. The molecule has 114 valence electrons. The zero-order chi connectivity index (χ0) is 14.4. The molecule has 21 heavy (non-hydrogen) atoms. The first-order valence-corrected chi connectivity index (χ1v) is 7.93. The molecule has 6 heteroatoms. The van der Waals surface area contributed by atoms with Crippen molar-refractivity contribution in [3.05, 3.63) is 17.0 Å². The summed E-state index contributed by atoms with van der Waals surface area (Å²) in [6.07, 6.45) is 3.47. The monoisotopic (exact) mass is 290 g/mol. The molecule has 1 saturated carbocycles. The number of hydrogen-bond acceptors (Lipinski definition) is 4. The number of piperazine rings is 1. The molecule has 2 aliphatic heterocycles.